The molecular formula is C13H19N5. The van der Waals surface area contributed by atoms with Crippen molar-refractivity contribution in [2.24, 2.45) is 0 Å². The Kier molecular flexibility index (Phi) is 3.60. The van der Waals surface area contributed by atoms with Crippen LogP contribution in [0.1, 0.15) is 32.3 Å². The lowest BCUT2D eigenvalue weighted by atomic mass is 10.00. The molecule has 0 unspecified atom stereocenters. The van der Waals surface area contributed by atoms with Gasteiger partial charge in [0.25, 0.3) is 0 Å². The average molecular weight is 245 g/mol. The highest BCUT2D eigenvalue weighted by atomic mass is 15.3. The van der Waals surface area contributed by atoms with E-state index in [2.05, 4.69) is 41.2 Å². The zero-order valence-electron chi connectivity index (χ0n) is 11.3. The highest BCUT2D eigenvalue weighted by Gasteiger charge is 2.17. The highest BCUT2D eigenvalue weighted by molar-refractivity contribution is 5.66. The number of rotatable bonds is 4. The second kappa shape index (κ2) is 5.16. The van der Waals surface area contributed by atoms with Crippen molar-refractivity contribution in [3.63, 3.8) is 0 Å². The molecule has 2 heterocycles. The smallest absolute Gasteiger partial charge is 0.133 e. The van der Waals surface area contributed by atoms with Gasteiger partial charge in [0.1, 0.15) is 12.1 Å². The summed E-state index contributed by atoms with van der Waals surface area (Å²) in [6, 6.07) is 2.00. The molecular weight excluding hydrogens is 226 g/mol. The van der Waals surface area contributed by atoms with E-state index in [9.17, 15) is 0 Å². The molecule has 0 aliphatic rings. The first-order valence-electron chi connectivity index (χ1n) is 6.23. The van der Waals surface area contributed by atoms with Crippen molar-refractivity contribution in [3.8, 4) is 11.4 Å². The molecule has 0 saturated heterocycles. The Bertz CT molecular complexity index is 530. The normalized spacial score (nSPS) is 10.9. The third-order valence-electron chi connectivity index (χ3n) is 2.96. The maximum Gasteiger partial charge on any atom is 0.133 e. The minimum absolute atomic E-state index is 0.351. The zero-order chi connectivity index (χ0) is 13.1. The molecule has 0 amide bonds. The first kappa shape index (κ1) is 12.5. The van der Waals surface area contributed by atoms with Crippen LogP contribution >= 0.6 is 0 Å². The number of anilines is 1. The van der Waals surface area contributed by atoms with Crippen LogP contribution in [0.5, 0.6) is 0 Å². The second-order valence-electron chi connectivity index (χ2n) is 4.42. The van der Waals surface area contributed by atoms with Crippen LogP contribution in [-0.4, -0.2) is 26.8 Å². The molecule has 2 aromatic heterocycles. The van der Waals surface area contributed by atoms with Gasteiger partial charge in [-0.05, 0) is 18.9 Å². The first-order valence-corrected chi connectivity index (χ1v) is 6.23. The fourth-order valence-corrected chi connectivity index (χ4v) is 2.13. The van der Waals surface area contributed by atoms with Crippen LogP contribution in [0.3, 0.4) is 0 Å². The quantitative estimate of drug-likeness (QED) is 0.899. The van der Waals surface area contributed by atoms with Gasteiger partial charge in [-0.3, -0.25) is 4.68 Å². The van der Waals surface area contributed by atoms with Gasteiger partial charge in [0.2, 0.25) is 0 Å². The minimum atomic E-state index is 0.351. The summed E-state index contributed by atoms with van der Waals surface area (Å²) >= 11 is 0. The number of hydrogen-bond donors (Lipinski definition) is 1. The van der Waals surface area contributed by atoms with Crippen molar-refractivity contribution < 1.29 is 0 Å². The molecule has 1 N–H and O–H groups in total. The summed E-state index contributed by atoms with van der Waals surface area (Å²) in [4.78, 5) is 8.74. The van der Waals surface area contributed by atoms with Crippen molar-refractivity contribution in [1.29, 1.82) is 0 Å². The molecule has 5 nitrogen and oxygen atoms in total. The molecule has 0 atom stereocenters. The van der Waals surface area contributed by atoms with Crippen molar-refractivity contribution in [1.82, 2.24) is 19.7 Å². The predicted octanol–water partition coefficient (Wildman–Crippen LogP) is 2.53. The molecule has 0 radical (unpaired) electrons. The maximum atomic E-state index is 4.45. The van der Waals surface area contributed by atoms with E-state index in [0.29, 0.717) is 5.92 Å². The summed E-state index contributed by atoms with van der Waals surface area (Å²) in [6.45, 7) is 7.20. The van der Waals surface area contributed by atoms with E-state index in [1.807, 2.05) is 24.0 Å². The van der Waals surface area contributed by atoms with E-state index < -0.39 is 0 Å². The number of nitrogens with one attached hydrogen (secondary N) is 1. The van der Waals surface area contributed by atoms with Crippen molar-refractivity contribution in [2.45, 2.75) is 33.2 Å². The van der Waals surface area contributed by atoms with Gasteiger partial charge in [0.15, 0.2) is 0 Å². The monoisotopic (exact) mass is 245 g/mol. The van der Waals surface area contributed by atoms with Crippen LogP contribution in [0.4, 0.5) is 5.82 Å². The Balaban J connectivity index is 2.64. The van der Waals surface area contributed by atoms with Crippen LogP contribution < -0.4 is 5.32 Å². The summed E-state index contributed by atoms with van der Waals surface area (Å²) in [5.74, 6) is 1.24. The van der Waals surface area contributed by atoms with Crippen molar-refractivity contribution >= 4 is 5.82 Å². The molecule has 5 heteroatoms. The predicted molar refractivity (Wildman–Crippen MR) is 72.6 cm³/mol. The lowest BCUT2D eigenvalue weighted by Gasteiger charge is -2.16. The average Bonchev–Trinajstić information content (AvgIpc) is 2.85. The summed E-state index contributed by atoms with van der Waals surface area (Å²) in [7, 11) is 1.88. The van der Waals surface area contributed by atoms with Crippen LogP contribution in [0.25, 0.3) is 11.4 Å². The van der Waals surface area contributed by atoms with E-state index in [-0.39, 0.29) is 0 Å². The Morgan fingerprint density at radius 2 is 2.11 bits per heavy atom. The molecule has 0 aliphatic heterocycles. The number of hydrogen-bond acceptors (Lipinski definition) is 4. The van der Waals surface area contributed by atoms with E-state index in [4.69, 9.17) is 0 Å². The van der Waals surface area contributed by atoms with E-state index in [0.717, 1.165) is 29.3 Å². The number of aromatic nitrogens is 4. The van der Waals surface area contributed by atoms with Gasteiger partial charge in [-0.15, -0.1) is 0 Å². The Morgan fingerprint density at radius 3 is 2.72 bits per heavy atom. The summed E-state index contributed by atoms with van der Waals surface area (Å²) in [5, 5.41) is 7.44. The lowest BCUT2D eigenvalue weighted by molar-refractivity contribution is 0.664. The van der Waals surface area contributed by atoms with E-state index in [1.54, 1.807) is 6.33 Å². The Hall–Kier alpha value is -1.91. The molecule has 0 fully saturated rings. The van der Waals surface area contributed by atoms with Gasteiger partial charge >= 0.3 is 0 Å². The molecule has 18 heavy (non-hydrogen) atoms. The standard InChI is InChI=1S/C13H19N5/c1-5-18-10(6-7-17-18)12-11(9(2)3)13(14-4)16-8-15-12/h6-9H,5H2,1-4H3,(H,14,15,16). The van der Waals surface area contributed by atoms with Gasteiger partial charge in [-0.25, -0.2) is 9.97 Å². The number of aryl methyl sites for hydroxylation is 1. The van der Waals surface area contributed by atoms with Crippen LogP contribution in [0, 0.1) is 0 Å². The van der Waals surface area contributed by atoms with Gasteiger partial charge in [0.05, 0.1) is 11.4 Å². The SMILES string of the molecule is CCn1nccc1-c1ncnc(NC)c1C(C)C. The molecule has 0 spiro atoms. The Morgan fingerprint density at radius 1 is 1.33 bits per heavy atom. The molecule has 0 aliphatic carbocycles. The van der Waals surface area contributed by atoms with Crippen molar-refractivity contribution in [2.75, 3.05) is 12.4 Å². The van der Waals surface area contributed by atoms with E-state index >= 15 is 0 Å². The zero-order valence-corrected chi connectivity index (χ0v) is 11.3. The lowest BCUT2D eigenvalue weighted by Crippen LogP contribution is -2.07. The molecule has 0 bridgehead atoms. The maximum absolute atomic E-state index is 4.45. The number of nitrogens with zero attached hydrogens (tertiary/aromatic N) is 4. The largest absolute Gasteiger partial charge is 0.373 e. The van der Waals surface area contributed by atoms with Crippen LogP contribution in [0.2, 0.25) is 0 Å². The Labute approximate surface area is 107 Å². The summed E-state index contributed by atoms with van der Waals surface area (Å²) in [5.41, 5.74) is 3.14. The molecule has 2 rings (SSSR count). The van der Waals surface area contributed by atoms with Crippen LogP contribution in [-0.2, 0) is 6.54 Å². The fourth-order valence-electron chi connectivity index (χ4n) is 2.13. The molecule has 2 aromatic rings. The first-order chi connectivity index (χ1) is 8.69. The van der Waals surface area contributed by atoms with E-state index in [1.165, 1.54) is 0 Å². The summed E-state index contributed by atoms with van der Waals surface area (Å²) < 4.78 is 1.95. The topological polar surface area (TPSA) is 55.6 Å². The van der Waals surface area contributed by atoms with Crippen molar-refractivity contribution in [3.05, 3.63) is 24.2 Å². The second-order valence-corrected chi connectivity index (χ2v) is 4.42. The third kappa shape index (κ3) is 2.08. The van der Waals surface area contributed by atoms with Crippen LogP contribution in [0.15, 0.2) is 18.6 Å². The van der Waals surface area contributed by atoms with Gasteiger partial charge in [-0.1, -0.05) is 13.8 Å². The highest BCUT2D eigenvalue weighted by Crippen LogP contribution is 2.31. The fraction of sp³-hybridized carbons (Fsp3) is 0.462. The minimum Gasteiger partial charge on any atom is -0.373 e. The van der Waals surface area contributed by atoms with Gasteiger partial charge in [-0.2, -0.15) is 5.10 Å². The summed E-state index contributed by atoms with van der Waals surface area (Å²) in [6.07, 6.45) is 3.41. The third-order valence-corrected chi connectivity index (χ3v) is 2.96. The molecule has 0 aromatic carbocycles. The van der Waals surface area contributed by atoms with Gasteiger partial charge < -0.3 is 5.32 Å². The van der Waals surface area contributed by atoms with Gasteiger partial charge in [0, 0.05) is 25.4 Å². The molecule has 0 saturated carbocycles. The molecule has 96 valence electrons.